The van der Waals surface area contributed by atoms with Gasteiger partial charge in [-0.1, -0.05) is 30.3 Å². The number of carbonyl (C=O) groups is 1. The van der Waals surface area contributed by atoms with E-state index in [0.29, 0.717) is 11.9 Å². The second-order valence-corrected chi connectivity index (χ2v) is 7.71. The van der Waals surface area contributed by atoms with Gasteiger partial charge in [0.25, 0.3) is 0 Å². The van der Waals surface area contributed by atoms with Crippen molar-refractivity contribution in [3.63, 3.8) is 0 Å². The van der Waals surface area contributed by atoms with E-state index in [1.54, 1.807) is 0 Å². The summed E-state index contributed by atoms with van der Waals surface area (Å²) in [6.45, 7) is 8.13. The fraction of sp³-hybridized carbons (Fsp3) is 0.667. The first-order valence-electron chi connectivity index (χ1n) is 9.92. The summed E-state index contributed by atoms with van der Waals surface area (Å²) in [7, 11) is 2.21. The van der Waals surface area contributed by atoms with Crippen LogP contribution in [0.25, 0.3) is 0 Å². The van der Waals surface area contributed by atoms with Crippen LogP contribution in [0.4, 0.5) is 0 Å². The molecule has 0 spiro atoms. The molecule has 138 valence electrons. The van der Waals surface area contributed by atoms with Gasteiger partial charge in [0.15, 0.2) is 0 Å². The molecule has 1 amide bonds. The lowest BCUT2D eigenvalue weighted by atomic mass is 9.92. The Kier molecular flexibility index (Phi) is 6.49. The number of amides is 1. The number of nitrogens with zero attached hydrogens (tertiary/aromatic N) is 3. The predicted octanol–water partition coefficient (Wildman–Crippen LogP) is 2.84. The second kappa shape index (κ2) is 8.81. The molecule has 0 N–H and O–H groups in total. The summed E-state index contributed by atoms with van der Waals surface area (Å²) in [6, 6.07) is 11.0. The number of hydrogen-bond acceptors (Lipinski definition) is 3. The lowest BCUT2D eigenvalue weighted by Crippen LogP contribution is -2.50. The van der Waals surface area contributed by atoms with Crippen molar-refractivity contribution in [3.05, 3.63) is 35.9 Å². The van der Waals surface area contributed by atoms with E-state index in [4.69, 9.17) is 0 Å². The van der Waals surface area contributed by atoms with Crippen molar-refractivity contribution >= 4 is 5.91 Å². The Labute approximate surface area is 152 Å². The van der Waals surface area contributed by atoms with Gasteiger partial charge in [-0.05, 0) is 64.9 Å². The minimum absolute atomic E-state index is 0.178. The number of benzene rings is 1. The third kappa shape index (κ3) is 4.83. The van der Waals surface area contributed by atoms with Crippen LogP contribution in [0, 0.1) is 5.92 Å². The summed E-state index contributed by atoms with van der Waals surface area (Å²) in [4.78, 5) is 20.2. The van der Waals surface area contributed by atoms with Gasteiger partial charge in [-0.2, -0.15) is 0 Å². The number of likely N-dealkylation sites (tertiary alicyclic amines) is 2. The minimum Gasteiger partial charge on any atom is -0.338 e. The molecule has 2 aliphatic rings. The fourth-order valence-electron chi connectivity index (χ4n) is 4.31. The summed E-state index contributed by atoms with van der Waals surface area (Å²) in [5, 5.41) is 0. The molecule has 2 saturated heterocycles. The first-order chi connectivity index (χ1) is 12.2. The maximum Gasteiger partial charge on any atom is 0.227 e. The SMILES string of the molecule is CCN(Cc1ccccc1)C(=O)[C@@H]1CCCN(C2CCN(C)CC2)C1. The van der Waals surface area contributed by atoms with E-state index in [1.807, 2.05) is 11.0 Å². The van der Waals surface area contributed by atoms with Crippen LogP contribution in [0.5, 0.6) is 0 Å². The van der Waals surface area contributed by atoms with Crippen molar-refractivity contribution in [2.45, 2.75) is 45.2 Å². The predicted molar refractivity (Wildman–Crippen MR) is 102 cm³/mol. The molecule has 0 radical (unpaired) electrons. The number of carbonyl (C=O) groups excluding carboxylic acids is 1. The topological polar surface area (TPSA) is 26.8 Å². The highest BCUT2D eigenvalue weighted by Crippen LogP contribution is 2.25. The Morgan fingerprint density at radius 3 is 2.52 bits per heavy atom. The smallest absolute Gasteiger partial charge is 0.227 e. The van der Waals surface area contributed by atoms with Crippen molar-refractivity contribution in [1.82, 2.24) is 14.7 Å². The Hall–Kier alpha value is -1.39. The Balaban J connectivity index is 1.58. The standard InChI is InChI=1S/C21H33N3O/c1-3-23(16-18-8-5-4-6-9-18)21(25)19-10-7-13-24(17-19)20-11-14-22(2)15-12-20/h4-6,8-9,19-20H,3,7,10-17H2,1-2H3/t19-/m1/s1. The van der Waals surface area contributed by atoms with E-state index in [2.05, 4.69) is 48.0 Å². The number of rotatable bonds is 5. The van der Waals surface area contributed by atoms with Crippen LogP contribution in [0.3, 0.4) is 0 Å². The zero-order chi connectivity index (χ0) is 17.6. The zero-order valence-corrected chi connectivity index (χ0v) is 15.9. The van der Waals surface area contributed by atoms with Gasteiger partial charge in [0.1, 0.15) is 0 Å². The summed E-state index contributed by atoms with van der Waals surface area (Å²) in [5.74, 6) is 0.529. The highest BCUT2D eigenvalue weighted by Gasteiger charge is 2.32. The summed E-state index contributed by atoms with van der Waals surface area (Å²) in [6.07, 6.45) is 4.71. The molecular weight excluding hydrogens is 310 g/mol. The summed E-state index contributed by atoms with van der Waals surface area (Å²) >= 11 is 0. The highest BCUT2D eigenvalue weighted by atomic mass is 16.2. The Morgan fingerprint density at radius 1 is 1.12 bits per heavy atom. The van der Waals surface area contributed by atoms with Crippen LogP contribution in [0.2, 0.25) is 0 Å². The third-order valence-electron chi connectivity index (χ3n) is 5.92. The van der Waals surface area contributed by atoms with Crippen LogP contribution < -0.4 is 0 Å². The van der Waals surface area contributed by atoms with Crippen LogP contribution in [0.1, 0.15) is 38.2 Å². The molecule has 0 aliphatic carbocycles. The van der Waals surface area contributed by atoms with Gasteiger partial charge >= 0.3 is 0 Å². The minimum atomic E-state index is 0.178. The monoisotopic (exact) mass is 343 g/mol. The second-order valence-electron chi connectivity index (χ2n) is 7.71. The maximum absolute atomic E-state index is 13.1. The Morgan fingerprint density at radius 2 is 1.84 bits per heavy atom. The van der Waals surface area contributed by atoms with Gasteiger partial charge in [0, 0.05) is 25.7 Å². The van der Waals surface area contributed by atoms with Crippen LogP contribution in [-0.4, -0.2) is 66.4 Å². The fourth-order valence-corrected chi connectivity index (χ4v) is 4.31. The van der Waals surface area contributed by atoms with E-state index >= 15 is 0 Å². The molecule has 2 aliphatic heterocycles. The molecule has 3 rings (SSSR count). The zero-order valence-electron chi connectivity index (χ0n) is 15.9. The average molecular weight is 344 g/mol. The van der Waals surface area contributed by atoms with Gasteiger partial charge < -0.3 is 9.80 Å². The number of piperidine rings is 2. The molecule has 2 fully saturated rings. The molecule has 0 bridgehead atoms. The van der Waals surface area contributed by atoms with E-state index in [0.717, 1.165) is 32.5 Å². The molecule has 1 atom stereocenters. The number of hydrogen-bond donors (Lipinski definition) is 0. The third-order valence-corrected chi connectivity index (χ3v) is 5.92. The molecular formula is C21H33N3O. The largest absolute Gasteiger partial charge is 0.338 e. The average Bonchev–Trinajstić information content (AvgIpc) is 2.67. The molecule has 4 heteroatoms. The van der Waals surface area contributed by atoms with Gasteiger partial charge in [0.2, 0.25) is 5.91 Å². The first kappa shape index (κ1) is 18.4. The van der Waals surface area contributed by atoms with Crippen LogP contribution in [0.15, 0.2) is 30.3 Å². The van der Waals surface area contributed by atoms with Gasteiger partial charge in [0.05, 0.1) is 5.92 Å². The van der Waals surface area contributed by atoms with Gasteiger partial charge in [-0.3, -0.25) is 9.69 Å². The quantitative estimate of drug-likeness (QED) is 0.822. The normalized spacial score (nSPS) is 23.5. The summed E-state index contributed by atoms with van der Waals surface area (Å²) in [5.41, 5.74) is 1.22. The molecule has 2 heterocycles. The highest BCUT2D eigenvalue weighted by molar-refractivity contribution is 5.79. The van der Waals surface area contributed by atoms with Crippen molar-refractivity contribution < 1.29 is 4.79 Å². The molecule has 4 nitrogen and oxygen atoms in total. The molecule has 25 heavy (non-hydrogen) atoms. The molecule has 0 aromatic heterocycles. The van der Waals surface area contributed by atoms with Crippen LogP contribution in [-0.2, 0) is 11.3 Å². The van der Waals surface area contributed by atoms with Crippen molar-refractivity contribution in [2.75, 3.05) is 39.8 Å². The summed E-state index contributed by atoms with van der Waals surface area (Å²) < 4.78 is 0. The van der Waals surface area contributed by atoms with Crippen molar-refractivity contribution in [3.8, 4) is 0 Å². The maximum atomic E-state index is 13.1. The van der Waals surface area contributed by atoms with E-state index in [-0.39, 0.29) is 5.92 Å². The lowest BCUT2D eigenvalue weighted by Gasteiger charge is -2.42. The van der Waals surface area contributed by atoms with E-state index in [1.165, 1.54) is 38.0 Å². The van der Waals surface area contributed by atoms with Crippen molar-refractivity contribution in [2.24, 2.45) is 5.92 Å². The Bertz CT molecular complexity index is 539. The van der Waals surface area contributed by atoms with E-state index < -0.39 is 0 Å². The van der Waals surface area contributed by atoms with E-state index in [9.17, 15) is 4.79 Å². The van der Waals surface area contributed by atoms with Gasteiger partial charge in [-0.15, -0.1) is 0 Å². The molecule has 1 aromatic rings. The van der Waals surface area contributed by atoms with Crippen molar-refractivity contribution in [1.29, 1.82) is 0 Å². The first-order valence-corrected chi connectivity index (χ1v) is 9.92. The molecule has 0 unspecified atom stereocenters. The van der Waals surface area contributed by atoms with Gasteiger partial charge in [-0.25, -0.2) is 0 Å². The van der Waals surface area contributed by atoms with Crippen LogP contribution >= 0.6 is 0 Å². The molecule has 1 aromatic carbocycles. The lowest BCUT2D eigenvalue weighted by molar-refractivity contribution is -0.138. The molecule has 0 saturated carbocycles.